The highest BCUT2D eigenvalue weighted by molar-refractivity contribution is 6.33. The first kappa shape index (κ1) is 12.9. The highest BCUT2D eigenvalue weighted by Gasteiger charge is 2.08. The molecule has 0 unspecified atom stereocenters. The fourth-order valence-electron chi connectivity index (χ4n) is 1.99. The van der Waals surface area contributed by atoms with Crippen LogP contribution in [0.3, 0.4) is 0 Å². The Labute approximate surface area is 110 Å². The van der Waals surface area contributed by atoms with E-state index in [2.05, 4.69) is 18.8 Å². The van der Waals surface area contributed by atoms with Gasteiger partial charge < -0.3 is 4.74 Å². The quantitative estimate of drug-likeness (QED) is 0.743. The highest BCUT2D eigenvalue weighted by Crippen LogP contribution is 2.21. The molecule has 0 bridgehead atoms. The van der Waals surface area contributed by atoms with Gasteiger partial charge in [0, 0.05) is 12.1 Å². The van der Waals surface area contributed by atoms with Gasteiger partial charge in [-0.05, 0) is 31.4 Å². The fourth-order valence-corrected chi connectivity index (χ4v) is 1.99. The summed E-state index contributed by atoms with van der Waals surface area (Å²) >= 11 is 0. The lowest BCUT2D eigenvalue weighted by Crippen LogP contribution is -2.12. The van der Waals surface area contributed by atoms with Crippen LogP contribution in [-0.2, 0) is 0 Å². The third kappa shape index (κ3) is 3.03. The predicted octanol–water partition coefficient (Wildman–Crippen LogP) is 3.08. The average molecular weight is 239 g/mol. The van der Waals surface area contributed by atoms with Crippen LogP contribution >= 0.6 is 0 Å². The molecular formula is C15H18BNO. The zero-order valence-corrected chi connectivity index (χ0v) is 11.2. The first-order valence-corrected chi connectivity index (χ1v) is 6.36. The maximum Gasteiger partial charge on any atom is 0.126 e. The van der Waals surface area contributed by atoms with Crippen molar-refractivity contribution in [3.8, 4) is 5.75 Å². The molecule has 3 heteroatoms. The Kier molecular flexibility index (Phi) is 3.90. The summed E-state index contributed by atoms with van der Waals surface area (Å²) in [5.41, 5.74) is 3.10. The van der Waals surface area contributed by atoms with Gasteiger partial charge in [-0.2, -0.15) is 0 Å². The monoisotopic (exact) mass is 239 g/mol. The number of aliphatic imine (C=N–C) groups is 1. The summed E-state index contributed by atoms with van der Waals surface area (Å²) in [6.45, 7) is 6.30. The van der Waals surface area contributed by atoms with E-state index in [1.807, 2.05) is 25.1 Å². The molecule has 0 spiro atoms. The number of allylic oxidation sites excluding steroid dienone is 1. The van der Waals surface area contributed by atoms with Gasteiger partial charge in [-0.1, -0.05) is 30.9 Å². The summed E-state index contributed by atoms with van der Waals surface area (Å²) in [7, 11) is 6.02. The topological polar surface area (TPSA) is 21.6 Å². The SMILES string of the molecule is [B]c1cc(OC2=CN=C(C)CC2)ccc1C(C)C. The number of hydrogen-bond donors (Lipinski definition) is 0. The van der Waals surface area contributed by atoms with Crippen molar-refractivity contribution >= 4 is 19.0 Å². The molecule has 0 amide bonds. The molecule has 0 fully saturated rings. The van der Waals surface area contributed by atoms with Crippen LogP contribution in [-0.4, -0.2) is 13.6 Å². The number of nitrogens with zero attached hydrogens (tertiary/aromatic N) is 1. The van der Waals surface area contributed by atoms with Crippen molar-refractivity contribution in [3.05, 3.63) is 35.7 Å². The van der Waals surface area contributed by atoms with Crippen molar-refractivity contribution in [1.82, 2.24) is 0 Å². The second-order valence-electron chi connectivity index (χ2n) is 5.01. The standard InChI is InChI=1S/C15H18BNO/c1-10(2)14-7-6-12(8-15(14)16)18-13-5-4-11(3)17-9-13/h6-10H,4-5H2,1-3H3. The molecule has 2 radical (unpaired) electrons. The van der Waals surface area contributed by atoms with Crippen molar-refractivity contribution in [1.29, 1.82) is 0 Å². The van der Waals surface area contributed by atoms with Crippen molar-refractivity contribution < 1.29 is 4.74 Å². The second-order valence-corrected chi connectivity index (χ2v) is 5.01. The molecule has 2 nitrogen and oxygen atoms in total. The van der Waals surface area contributed by atoms with Crippen LogP contribution in [0.2, 0.25) is 0 Å². The van der Waals surface area contributed by atoms with Gasteiger partial charge in [0.2, 0.25) is 0 Å². The second kappa shape index (κ2) is 5.43. The molecule has 92 valence electrons. The number of benzene rings is 1. The van der Waals surface area contributed by atoms with E-state index in [0.717, 1.165) is 41.1 Å². The summed E-state index contributed by atoms with van der Waals surface area (Å²) in [4.78, 5) is 4.27. The van der Waals surface area contributed by atoms with Gasteiger partial charge in [0.25, 0.3) is 0 Å². The molecule has 2 rings (SSSR count). The molecule has 0 N–H and O–H groups in total. The lowest BCUT2D eigenvalue weighted by Gasteiger charge is -2.15. The van der Waals surface area contributed by atoms with Crippen LogP contribution in [0.15, 0.2) is 35.2 Å². The zero-order chi connectivity index (χ0) is 13.1. The Hall–Kier alpha value is -1.51. The maximum absolute atomic E-state index is 6.02. The summed E-state index contributed by atoms with van der Waals surface area (Å²) in [5, 5.41) is 0. The molecule has 1 aliphatic rings. The largest absolute Gasteiger partial charge is 0.460 e. The molecule has 18 heavy (non-hydrogen) atoms. The molecule has 1 aromatic carbocycles. The van der Waals surface area contributed by atoms with E-state index >= 15 is 0 Å². The minimum Gasteiger partial charge on any atom is -0.460 e. The van der Waals surface area contributed by atoms with Crippen LogP contribution in [0.25, 0.3) is 0 Å². The summed E-state index contributed by atoms with van der Waals surface area (Å²) < 4.78 is 5.79. The fraction of sp³-hybridized carbons (Fsp3) is 0.400. The van der Waals surface area contributed by atoms with Gasteiger partial charge in [-0.15, -0.1) is 0 Å². The minimum atomic E-state index is 0.431. The van der Waals surface area contributed by atoms with Crippen LogP contribution in [0.1, 0.15) is 45.1 Å². The number of hydrogen-bond acceptors (Lipinski definition) is 2. The Morgan fingerprint density at radius 2 is 2.06 bits per heavy atom. The van der Waals surface area contributed by atoms with Gasteiger partial charge >= 0.3 is 0 Å². The van der Waals surface area contributed by atoms with Crippen LogP contribution in [0, 0.1) is 0 Å². The lowest BCUT2D eigenvalue weighted by molar-refractivity contribution is 0.402. The zero-order valence-electron chi connectivity index (χ0n) is 11.2. The molecule has 1 heterocycles. The van der Waals surface area contributed by atoms with Gasteiger partial charge in [0.15, 0.2) is 0 Å². The smallest absolute Gasteiger partial charge is 0.126 e. The molecule has 0 atom stereocenters. The van der Waals surface area contributed by atoms with Gasteiger partial charge in [0.05, 0.1) is 6.20 Å². The predicted molar refractivity (Wildman–Crippen MR) is 77.0 cm³/mol. The van der Waals surface area contributed by atoms with Gasteiger partial charge in [0.1, 0.15) is 19.4 Å². The van der Waals surface area contributed by atoms with Crippen molar-refractivity contribution in [3.63, 3.8) is 0 Å². The van der Waals surface area contributed by atoms with Crippen LogP contribution in [0.5, 0.6) is 5.75 Å². The molecular weight excluding hydrogens is 221 g/mol. The lowest BCUT2D eigenvalue weighted by atomic mass is 9.85. The maximum atomic E-state index is 6.02. The van der Waals surface area contributed by atoms with E-state index in [4.69, 9.17) is 12.6 Å². The normalized spacial score (nSPS) is 15.3. The van der Waals surface area contributed by atoms with Gasteiger partial charge in [-0.25, -0.2) is 0 Å². The average Bonchev–Trinajstić information content (AvgIpc) is 2.32. The van der Waals surface area contributed by atoms with Crippen molar-refractivity contribution in [2.24, 2.45) is 4.99 Å². The number of ether oxygens (including phenoxy) is 1. The van der Waals surface area contributed by atoms with E-state index in [1.54, 1.807) is 6.20 Å². The number of rotatable bonds is 3. The highest BCUT2D eigenvalue weighted by atomic mass is 16.5. The Morgan fingerprint density at radius 1 is 1.28 bits per heavy atom. The molecule has 0 saturated carbocycles. The molecule has 1 aliphatic heterocycles. The molecule has 0 aliphatic carbocycles. The van der Waals surface area contributed by atoms with E-state index in [0.29, 0.717) is 5.92 Å². The summed E-state index contributed by atoms with van der Waals surface area (Å²) in [5.74, 6) is 2.12. The van der Waals surface area contributed by atoms with Crippen LogP contribution < -0.4 is 10.2 Å². The van der Waals surface area contributed by atoms with Gasteiger partial charge in [-0.3, -0.25) is 4.99 Å². The minimum absolute atomic E-state index is 0.431. The summed E-state index contributed by atoms with van der Waals surface area (Å²) in [6, 6.07) is 5.90. The first-order chi connectivity index (χ1) is 8.56. The first-order valence-electron chi connectivity index (χ1n) is 6.36. The van der Waals surface area contributed by atoms with E-state index in [-0.39, 0.29) is 0 Å². The van der Waals surface area contributed by atoms with E-state index < -0.39 is 0 Å². The third-order valence-corrected chi connectivity index (χ3v) is 3.09. The molecule has 0 saturated heterocycles. The molecule has 0 aromatic heterocycles. The Bertz CT molecular complexity index is 503. The molecule has 1 aromatic rings. The van der Waals surface area contributed by atoms with Crippen LogP contribution in [0.4, 0.5) is 0 Å². The van der Waals surface area contributed by atoms with E-state index in [9.17, 15) is 0 Å². The third-order valence-electron chi connectivity index (χ3n) is 3.09. The van der Waals surface area contributed by atoms with E-state index in [1.165, 1.54) is 0 Å². The Morgan fingerprint density at radius 3 is 2.61 bits per heavy atom. The Balaban J connectivity index is 2.14. The van der Waals surface area contributed by atoms with Crippen molar-refractivity contribution in [2.45, 2.75) is 39.5 Å². The summed E-state index contributed by atoms with van der Waals surface area (Å²) in [6.07, 6.45) is 3.66. The van der Waals surface area contributed by atoms with Crippen molar-refractivity contribution in [2.75, 3.05) is 0 Å².